The molecule has 3 heterocycles. The number of aromatic nitrogens is 3. The van der Waals surface area contributed by atoms with Crippen molar-refractivity contribution in [1.29, 1.82) is 0 Å². The molecule has 2 aromatic rings. The van der Waals surface area contributed by atoms with Crippen molar-refractivity contribution in [2.24, 2.45) is 0 Å². The second-order valence-corrected chi connectivity index (χ2v) is 4.97. The van der Waals surface area contributed by atoms with Gasteiger partial charge in [0, 0.05) is 18.7 Å². The average molecular weight is 310 g/mol. The largest absolute Gasteiger partial charge is 0.394 e. The summed E-state index contributed by atoms with van der Waals surface area (Å²) in [5.74, 6) is 0.234. The number of nitrogen functional groups attached to an aromatic ring is 1. The molecule has 22 heavy (non-hydrogen) atoms. The lowest BCUT2D eigenvalue weighted by molar-refractivity contribution is -0.0543. The van der Waals surface area contributed by atoms with Crippen molar-refractivity contribution in [3.05, 3.63) is 28.8 Å². The SMILES string of the molecule is COC1C(CO)OC(n2cc3ccc(N)nc3nc2=O)C1F. The third-order valence-electron chi connectivity index (χ3n) is 3.62. The van der Waals surface area contributed by atoms with E-state index in [1.165, 1.54) is 13.3 Å². The van der Waals surface area contributed by atoms with Gasteiger partial charge in [-0.1, -0.05) is 0 Å². The summed E-state index contributed by atoms with van der Waals surface area (Å²) in [7, 11) is 1.32. The van der Waals surface area contributed by atoms with Gasteiger partial charge in [-0.15, -0.1) is 0 Å². The molecule has 0 bridgehead atoms. The molecule has 4 unspecified atom stereocenters. The zero-order valence-corrected chi connectivity index (χ0v) is 11.7. The third kappa shape index (κ3) is 2.32. The van der Waals surface area contributed by atoms with Crippen LogP contribution in [0.2, 0.25) is 0 Å². The highest BCUT2D eigenvalue weighted by Crippen LogP contribution is 2.32. The van der Waals surface area contributed by atoms with E-state index in [-0.39, 0.29) is 11.5 Å². The highest BCUT2D eigenvalue weighted by Gasteiger charge is 2.46. The van der Waals surface area contributed by atoms with Crippen molar-refractivity contribution in [3.63, 3.8) is 0 Å². The second-order valence-electron chi connectivity index (χ2n) is 4.97. The summed E-state index contributed by atoms with van der Waals surface area (Å²) in [6, 6.07) is 3.18. The zero-order chi connectivity index (χ0) is 15.9. The molecular weight excluding hydrogens is 295 g/mol. The van der Waals surface area contributed by atoms with Gasteiger partial charge in [-0.3, -0.25) is 4.57 Å². The van der Waals surface area contributed by atoms with Gasteiger partial charge < -0.3 is 20.3 Å². The van der Waals surface area contributed by atoms with Gasteiger partial charge in [-0.05, 0) is 12.1 Å². The Hall–Kier alpha value is -2.10. The van der Waals surface area contributed by atoms with Crippen molar-refractivity contribution < 1.29 is 19.0 Å². The van der Waals surface area contributed by atoms with Crippen LogP contribution in [0.25, 0.3) is 11.0 Å². The van der Waals surface area contributed by atoms with Crippen molar-refractivity contribution in [2.75, 3.05) is 19.5 Å². The number of nitrogens with two attached hydrogens (primary N) is 1. The molecule has 1 aliphatic rings. The van der Waals surface area contributed by atoms with Crippen LogP contribution in [0.3, 0.4) is 0 Å². The number of hydrogen-bond acceptors (Lipinski definition) is 7. The highest BCUT2D eigenvalue weighted by atomic mass is 19.1. The predicted octanol–water partition coefficient (Wildman–Crippen LogP) is -0.384. The van der Waals surface area contributed by atoms with E-state index < -0.39 is 36.9 Å². The van der Waals surface area contributed by atoms with Gasteiger partial charge >= 0.3 is 5.69 Å². The number of anilines is 1. The summed E-state index contributed by atoms with van der Waals surface area (Å²) in [5, 5.41) is 9.74. The zero-order valence-electron chi connectivity index (χ0n) is 11.7. The van der Waals surface area contributed by atoms with Gasteiger partial charge in [0.25, 0.3) is 0 Å². The van der Waals surface area contributed by atoms with Gasteiger partial charge in [0.15, 0.2) is 18.0 Å². The van der Waals surface area contributed by atoms with Crippen LogP contribution in [-0.2, 0) is 9.47 Å². The van der Waals surface area contributed by atoms with Crippen LogP contribution in [0.4, 0.5) is 10.2 Å². The van der Waals surface area contributed by atoms with E-state index in [9.17, 15) is 14.3 Å². The normalized spacial score (nSPS) is 28.3. The van der Waals surface area contributed by atoms with Crippen molar-refractivity contribution in [2.45, 2.75) is 24.6 Å². The lowest BCUT2D eigenvalue weighted by Crippen LogP contribution is -2.34. The first-order valence-electron chi connectivity index (χ1n) is 6.63. The molecule has 3 N–H and O–H groups in total. The molecule has 0 spiro atoms. The van der Waals surface area contributed by atoms with Crippen molar-refractivity contribution in [3.8, 4) is 0 Å². The minimum absolute atomic E-state index is 0.177. The van der Waals surface area contributed by atoms with Gasteiger partial charge in [-0.2, -0.15) is 4.98 Å². The molecule has 0 aromatic carbocycles. The van der Waals surface area contributed by atoms with E-state index in [1.54, 1.807) is 12.1 Å². The number of fused-ring (bicyclic) bond motifs is 1. The maximum Gasteiger partial charge on any atom is 0.351 e. The molecule has 0 saturated carbocycles. The van der Waals surface area contributed by atoms with Crippen LogP contribution >= 0.6 is 0 Å². The van der Waals surface area contributed by atoms with E-state index >= 15 is 0 Å². The first-order valence-corrected chi connectivity index (χ1v) is 6.63. The lowest BCUT2D eigenvalue weighted by atomic mass is 10.1. The van der Waals surface area contributed by atoms with E-state index in [1.807, 2.05) is 0 Å². The van der Waals surface area contributed by atoms with E-state index in [4.69, 9.17) is 15.2 Å². The summed E-state index contributed by atoms with van der Waals surface area (Å²) in [6.07, 6.45) is -3.23. The van der Waals surface area contributed by atoms with Crippen LogP contribution < -0.4 is 11.4 Å². The number of ether oxygens (including phenoxy) is 2. The minimum atomic E-state index is -1.61. The topological polar surface area (TPSA) is 112 Å². The summed E-state index contributed by atoms with van der Waals surface area (Å²) in [6.45, 7) is -0.413. The van der Waals surface area contributed by atoms with Crippen LogP contribution in [0.15, 0.2) is 23.1 Å². The molecule has 9 heteroatoms. The van der Waals surface area contributed by atoms with Gasteiger partial charge in [0.1, 0.15) is 18.0 Å². The highest BCUT2D eigenvalue weighted by molar-refractivity contribution is 5.74. The van der Waals surface area contributed by atoms with Crippen LogP contribution in [-0.4, -0.2) is 51.7 Å². The summed E-state index contributed by atoms with van der Waals surface area (Å²) in [4.78, 5) is 19.8. The number of alkyl halides is 1. The standard InChI is InChI=1S/C13H15FN4O4/c1-21-10-7(5-19)22-12(9(10)14)18-4-6-2-3-8(15)16-11(6)17-13(18)20/h2-4,7,9-10,12,19H,5H2,1H3,(H2,15,16,17,20). The Labute approximate surface area is 124 Å². The monoisotopic (exact) mass is 310 g/mol. The first-order chi connectivity index (χ1) is 10.5. The Morgan fingerprint density at radius 2 is 2.27 bits per heavy atom. The summed E-state index contributed by atoms with van der Waals surface area (Å²) >= 11 is 0. The molecule has 0 radical (unpaired) electrons. The van der Waals surface area contributed by atoms with Gasteiger partial charge in [0.2, 0.25) is 0 Å². The molecule has 3 rings (SSSR count). The van der Waals surface area contributed by atoms with E-state index in [2.05, 4.69) is 9.97 Å². The fraction of sp³-hybridized carbons (Fsp3) is 0.462. The Morgan fingerprint density at radius 1 is 1.50 bits per heavy atom. The molecule has 2 aromatic heterocycles. The summed E-state index contributed by atoms with van der Waals surface area (Å²) < 4.78 is 25.9. The molecule has 118 valence electrons. The molecule has 0 amide bonds. The summed E-state index contributed by atoms with van der Waals surface area (Å²) in [5.41, 5.74) is 5.00. The number of nitrogens with zero attached hydrogens (tertiary/aromatic N) is 3. The van der Waals surface area contributed by atoms with Gasteiger partial charge in [-0.25, -0.2) is 14.2 Å². The predicted molar refractivity (Wildman–Crippen MR) is 74.9 cm³/mol. The van der Waals surface area contributed by atoms with Gasteiger partial charge in [0.05, 0.1) is 6.61 Å². The maximum atomic E-state index is 14.4. The third-order valence-corrected chi connectivity index (χ3v) is 3.62. The quantitative estimate of drug-likeness (QED) is 0.794. The number of rotatable bonds is 3. The molecule has 0 aliphatic carbocycles. The Morgan fingerprint density at radius 3 is 2.91 bits per heavy atom. The fourth-order valence-corrected chi connectivity index (χ4v) is 2.55. The molecule has 8 nitrogen and oxygen atoms in total. The Bertz CT molecular complexity index is 752. The smallest absolute Gasteiger partial charge is 0.351 e. The van der Waals surface area contributed by atoms with Crippen molar-refractivity contribution >= 4 is 16.9 Å². The molecular formula is C13H15FN4O4. The van der Waals surface area contributed by atoms with Crippen LogP contribution in [0.1, 0.15) is 6.23 Å². The number of halogens is 1. The Kier molecular flexibility index (Phi) is 3.77. The lowest BCUT2D eigenvalue weighted by Gasteiger charge is -2.16. The van der Waals surface area contributed by atoms with E-state index in [0.29, 0.717) is 5.39 Å². The number of pyridine rings is 1. The number of methoxy groups -OCH3 is 1. The molecule has 1 saturated heterocycles. The average Bonchev–Trinajstić information content (AvgIpc) is 2.82. The fourth-order valence-electron chi connectivity index (χ4n) is 2.55. The second kappa shape index (κ2) is 5.59. The molecule has 1 fully saturated rings. The van der Waals surface area contributed by atoms with Crippen LogP contribution in [0.5, 0.6) is 0 Å². The van der Waals surface area contributed by atoms with Crippen molar-refractivity contribution in [1.82, 2.24) is 14.5 Å². The maximum absolute atomic E-state index is 14.4. The molecule has 4 atom stereocenters. The number of aliphatic hydroxyl groups excluding tert-OH is 1. The molecule has 1 aliphatic heterocycles. The minimum Gasteiger partial charge on any atom is -0.394 e. The number of hydrogen-bond donors (Lipinski definition) is 2. The number of aliphatic hydroxyl groups is 1. The van der Waals surface area contributed by atoms with E-state index in [0.717, 1.165) is 4.57 Å². The first kappa shape index (κ1) is 14.8. The Balaban J connectivity index is 2.05. The van der Waals surface area contributed by atoms with Crippen LogP contribution in [0, 0.1) is 0 Å².